The highest BCUT2D eigenvalue weighted by Crippen LogP contribution is 2.22. The minimum absolute atomic E-state index is 0.196. The van der Waals surface area contributed by atoms with Crippen LogP contribution >= 0.6 is 23.1 Å². The highest BCUT2D eigenvalue weighted by Gasteiger charge is 2.10. The van der Waals surface area contributed by atoms with Gasteiger partial charge in [-0.2, -0.15) is 11.8 Å². The molecule has 0 fully saturated rings. The molecule has 2 rings (SSSR count). The van der Waals surface area contributed by atoms with E-state index >= 15 is 0 Å². The second kappa shape index (κ2) is 7.08. The normalized spacial score (nSPS) is 12.8. The fourth-order valence-electron chi connectivity index (χ4n) is 1.75. The molecule has 0 saturated heterocycles. The Balaban J connectivity index is 1.94. The first kappa shape index (κ1) is 14.6. The smallest absolute Gasteiger partial charge is 0.0948 e. The molecule has 0 bridgehead atoms. The van der Waals surface area contributed by atoms with Crippen molar-refractivity contribution in [2.75, 3.05) is 5.75 Å². The molecule has 0 saturated carbocycles. The highest BCUT2D eigenvalue weighted by atomic mass is 32.2. The zero-order valence-electron chi connectivity index (χ0n) is 11.4. The molecule has 1 atom stereocenters. The Morgan fingerprint density at radius 1 is 1.26 bits per heavy atom. The van der Waals surface area contributed by atoms with E-state index < -0.39 is 0 Å². The Labute approximate surface area is 123 Å². The maximum absolute atomic E-state index is 6.15. The van der Waals surface area contributed by atoms with Crippen LogP contribution in [0.25, 0.3) is 11.3 Å². The number of nitrogens with two attached hydrogens (primary N) is 1. The largest absolute Gasteiger partial charge is 0.327 e. The molecule has 0 aliphatic carbocycles. The number of nitrogens with zero attached hydrogens (tertiary/aromatic N) is 1. The van der Waals surface area contributed by atoms with E-state index in [1.54, 1.807) is 11.3 Å². The van der Waals surface area contributed by atoms with Crippen molar-refractivity contribution in [1.29, 1.82) is 0 Å². The third-order valence-corrected chi connectivity index (χ3v) is 4.86. The van der Waals surface area contributed by atoms with E-state index in [0.717, 1.165) is 22.9 Å². The zero-order chi connectivity index (χ0) is 13.7. The predicted octanol–water partition coefficient (Wildman–Crippen LogP) is 3.82. The fourth-order valence-corrected chi connectivity index (χ4v) is 3.39. The average Bonchev–Trinajstić information content (AvgIpc) is 2.86. The Bertz CT molecular complexity index is 494. The standard InChI is InChI=1S/C15H20N2S2/c1-11(2)18-9-13(16)8-15-17-14(10-19-15)12-6-4-3-5-7-12/h3-7,10-11,13H,8-9,16H2,1-2H3. The van der Waals surface area contributed by atoms with Gasteiger partial charge in [0.1, 0.15) is 0 Å². The number of thiazole rings is 1. The van der Waals surface area contributed by atoms with Gasteiger partial charge in [-0.25, -0.2) is 4.98 Å². The summed E-state index contributed by atoms with van der Waals surface area (Å²) >= 11 is 3.62. The van der Waals surface area contributed by atoms with Crippen LogP contribution in [0.4, 0.5) is 0 Å². The number of hydrogen-bond donors (Lipinski definition) is 1. The van der Waals surface area contributed by atoms with Crippen molar-refractivity contribution in [2.45, 2.75) is 31.6 Å². The van der Waals surface area contributed by atoms with E-state index in [9.17, 15) is 0 Å². The van der Waals surface area contributed by atoms with Crippen LogP contribution in [0, 0.1) is 0 Å². The van der Waals surface area contributed by atoms with Crippen LogP contribution in [-0.2, 0) is 6.42 Å². The van der Waals surface area contributed by atoms with E-state index in [1.165, 1.54) is 5.56 Å². The molecular weight excluding hydrogens is 272 g/mol. The van der Waals surface area contributed by atoms with Gasteiger partial charge in [-0.1, -0.05) is 44.2 Å². The number of benzene rings is 1. The van der Waals surface area contributed by atoms with Crippen LogP contribution in [0.15, 0.2) is 35.7 Å². The Morgan fingerprint density at radius 3 is 2.68 bits per heavy atom. The molecule has 2 aromatic rings. The summed E-state index contributed by atoms with van der Waals surface area (Å²) in [5, 5.41) is 3.89. The van der Waals surface area contributed by atoms with E-state index in [0.29, 0.717) is 5.25 Å². The van der Waals surface area contributed by atoms with E-state index in [2.05, 4.69) is 36.3 Å². The Kier molecular flexibility index (Phi) is 5.43. The zero-order valence-corrected chi connectivity index (χ0v) is 13.0. The van der Waals surface area contributed by atoms with Crippen LogP contribution in [0.1, 0.15) is 18.9 Å². The number of aromatic nitrogens is 1. The first-order valence-electron chi connectivity index (χ1n) is 6.52. The molecule has 102 valence electrons. The van der Waals surface area contributed by atoms with Crippen LogP contribution in [0.2, 0.25) is 0 Å². The van der Waals surface area contributed by atoms with Crippen molar-refractivity contribution in [1.82, 2.24) is 4.98 Å². The lowest BCUT2D eigenvalue weighted by molar-refractivity contribution is 0.743. The molecule has 1 aromatic heterocycles. The third-order valence-electron chi connectivity index (χ3n) is 2.70. The summed E-state index contributed by atoms with van der Waals surface area (Å²) in [6, 6.07) is 10.5. The minimum atomic E-state index is 0.196. The first-order valence-corrected chi connectivity index (χ1v) is 8.45. The van der Waals surface area contributed by atoms with Crippen LogP contribution in [0.3, 0.4) is 0 Å². The molecule has 1 unspecified atom stereocenters. The maximum Gasteiger partial charge on any atom is 0.0948 e. The summed E-state index contributed by atoms with van der Waals surface area (Å²) in [5.74, 6) is 0.998. The maximum atomic E-state index is 6.15. The Hall–Kier alpha value is -0.840. The van der Waals surface area contributed by atoms with Gasteiger partial charge in [0.15, 0.2) is 0 Å². The Morgan fingerprint density at radius 2 is 2.00 bits per heavy atom. The topological polar surface area (TPSA) is 38.9 Å². The van der Waals surface area contributed by atoms with Crippen LogP contribution in [-0.4, -0.2) is 22.0 Å². The van der Waals surface area contributed by atoms with E-state index in [1.807, 2.05) is 30.0 Å². The molecule has 0 spiro atoms. The van der Waals surface area contributed by atoms with Gasteiger partial charge < -0.3 is 5.73 Å². The molecule has 0 radical (unpaired) electrons. The van der Waals surface area contributed by atoms with Crippen molar-refractivity contribution in [3.05, 3.63) is 40.7 Å². The number of hydrogen-bond acceptors (Lipinski definition) is 4. The van der Waals surface area contributed by atoms with Crippen molar-refractivity contribution < 1.29 is 0 Å². The van der Waals surface area contributed by atoms with Crippen molar-refractivity contribution in [3.8, 4) is 11.3 Å². The van der Waals surface area contributed by atoms with Gasteiger partial charge in [-0.3, -0.25) is 0 Å². The van der Waals surface area contributed by atoms with Gasteiger partial charge in [-0.15, -0.1) is 11.3 Å². The second-order valence-corrected chi connectivity index (χ2v) is 7.39. The molecular formula is C15H20N2S2. The lowest BCUT2D eigenvalue weighted by atomic mass is 10.2. The number of thioether (sulfide) groups is 1. The molecule has 1 aromatic carbocycles. The SMILES string of the molecule is CC(C)SCC(N)Cc1nc(-c2ccccc2)cs1. The van der Waals surface area contributed by atoms with E-state index in [4.69, 9.17) is 5.73 Å². The molecule has 1 heterocycles. The summed E-state index contributed by atoms with van der Waals surface area (Å²) in [6.07, 6.45) is 0.872. The van der Waals surface area contributed by atoms with Crippen molar-refractivity contribution >= 4 is 23.1 Å². The van der Waals surface area contributed by atoms with Gasteiger partial charge in [0.2, 0.25) is 0 Å². The van der Waals surface area contributed by atoms with Gasteiger partial charge in [0.25, 0.3) is 0 Å². The number of rotatable bonds is 6. The second-order valence-electron chi connectivity index (χ2n) is 4.84. The summed E-state index contributed by atoms with van der Waals surface area (Å²) in [4.78, 5) is 4.68. The van der Waals surface area contributed by atoms with E-state index in [-0.39, 0.29) is 6.04 Å². The molecule has 4 heteroatoms. The average molecular weight is 292 g/mol. The van der Waals surface area contributed by atoms with Gasteiger partial charge >= 0.3 is 0 Å². The van der Waals surface area contributed by atoms with Crippen molar-refractivity contribution in [2.24, 2.45) is 5.73 Å². The predicted molar refractivity (Wildman–Crippen MR) is 86.8 cm³/mol. The van der Waals surface area contributed by atoms with Crippen molar-refractivity contribution in [3.63, 3.8) is 0 Å². The highest BCUT2D eigenvalue weighted by molar-refractivity contribution is 7.99. The molecule has 2 nitrogen and oxygen atoms in total. The summed E-state index contributed by atoms with van der Waals surface area (Å²) in [6.45, 7) is 4.41. The van der Waals surface area contributed by atoms with Gasteiger partial charge in [-0.05, 0) is 5.25 Å². The molecule has 0 aliphatic rings. The van der Waals surface area contributed by atoms with Crippen LogP contribution in [0.5, 0.6) is 0 Å². The minimum Gasteiger partial charge on any atom is -0.327 e. The summed E-state index contributed by atoms with van der Waals surface area (Å²) < 4.78 is 0. The van der Waals surface area contributed by atoms with Gasteiger partial charge in [0.05, 0.1) is 10.7 Å². The quantitative estimate of drug-likeness (QED) is 0.879. The molecule has 2 N–H and O–H groups in total. The summed E-state index contributed by atoms with van der Waals surface area (Å²) in [5.41, 5.74) is 8.38. The molecule has 19 heavy (non-hydrogen) atoms. The van der Waals surface area contributed by atoms with Gasteiger partial charge in [0, 0.05) is 29.2 Å². The molecule has 0 aliphatic heterocycles. The lowest BCUT2D eigenvalue weighted by Crippen LogP contribution is -2.26. The fraction of sp³-hybridized carbons (Fsp3) is 0.400. The van der Waals surface area contributed by atoms with Crippen LogP contribution < -0.4 is 5.73 Å². The first-order chi connectivity index (χ1) is 9.15. The monoisotopic (exact) mass is 292 g/mol. The summed E-state index contributed by atoms with van der Waals surface area (Å²) in [7, 11) is 0. The molecule has 0 amide bonds. The third kappa shape index (κ3) is 4.64. The lowest BCUT2D eigenvalue weighted by Gasteiger charge is -2.11.